The molecule has 0 aliphatic rings. The fraction of sp³-hybridized carbons (Fsp3) is 0.864. The number of unbranched alkanes of at least 4 members (excludes halogenated alkanes) is 2. The second-order valence-electron chi connectivity index (χ2n) is 7.41. The molecule has 2 unspecified atom stereocenters. The van der Waals surface area contributed by atoms with Crippen LogP contribution in [0.2, 0.25) is 0 Å². The van der Waals surface area contributed by atoms with Crippen LogP contribution < -0.4 is 0 Å². The van der Waals surface area contributed by atoms with Gasteiger partial charge in [-0.15, -0.1) is 0 Å². The van der Waals surface area contributed by atoms with Gasteiger partial charge in [-0.3, -0.25) is 0 Å². The Labute approximate surface area is 178 Å². The van der Waals surface area contributed by atoms with Crippen LogP contribution in [0.1, 0.15) is 92.9 Å². The lowest BCUT2D eigenvalue weighted by Crippen LogP contribution is -2.31. The summed E-state index contributed by atoms with van der Waals surface area (Å²) in [5, 5.41) is 0. The molecule has 0 aliphatic carbocycles. The van der Waals surface area contributed by atoms with Gasteiger partial charge < -0.3 is 16.1 Å². The van der Waals surface area contributed by atoms with Crippen molar-refractivity contribution in [1.29, 1.82) is 0 Å². The molecule has 0 bridgehead atoms. The normalized spacial score (nSPS) is 14.2. The lowest BCUT2D eigenvalue weighted by atomic mass is 10.0. The van der Waals surface area contributed by atoms with Crippen LogP contribution in [-0.2, 0) is 20.9 Å². The van der Waals surface area contributed by atoms with Crippen molar-refractivity contribution in [2.45, 2.75) is 92.9 Å². The topological polar surface area (TPSA) is 54.0 Å². The number of hydrogen-bond acceptors (Lipinski definition) is 5. The van der Waals surface area contributed by atoms with Gasteiger partial charge in [-0.05, 0) is 51.7 Å². The van der Waals surface area contributed by atoms with Gasteiger partial charge in [0.15, 0.2) is 0 Å². The zero-order valence-corrected chi connectivity index (χ0v) is 20.3. The molecule has 0 spiro atoms. The Morgan fingerprint density at radius 2 is 1.39 bits per heavy atom. The molecule has 0 saturated carbocycles. The van der Waals surface area contributed by atoms with Crippen molar-refractivity contribution in [3.63, 3.8) is 0 Å². The van der Waals surface area contributed by atoms with Gasteiger partial charge in [0.2, 0.25) is 0 Å². The lowest BCUT2D eigenvalue weighted by molar-refractivity contribution is -0.137. The molecule has 0 aromatic rings. The third-order valence-corrected chi connectivity index (χ3v) is 6.41. The zero-order valence-electron chi connectivity index (χ0n) is 19.1. The average molecular weight is 415 g/mol. The average Bonchev–Trinajstić information content (AvgIpc) is 2.67. The zero-order chi connectivity index (χ0) is 21.2. The Balaban J connectivity index is 4.81. The molecule has 0 fully saturated rings. The minimum atomic E-state index is -2.35. The van der Waals surface area contributed by atoms with Crippen LogP contribution in [0.4, 0.5) is 0 Å². The Kier molecular flexibility index (Phi) is 18.1. The van der Waals surface area contributed by atoms with E-state index in [-0.39, 0.29) is 0 Å². The summed E-state index contributed by atoms with van der Waals surface area (Å²) >= 11 is -2.35. The van der Waals surface area contributed by atoms with Crippen LogP contribution in [-0.4, -0.2) is 40.9 Å². The molecule has 2 atom stereocenters. The van der Waals surface area contributed by atoms with Crippen LogP contribution in [0.15, 0.2) is 11.8 Å². The molecule has 6 heteroatoms. The van der Waals surface area contributed by atoms with Gasteiger partial charge in [0.1, 0.15) is 0 Å². The summed E-state index contributed by atoms with van der Waals surface area (Å²) < 4.78 is 23.1. The maximum absolute atomic E-state index is 11.7. The summed E-state index contributed by atoms with van der Waals surface area (Å²) in [5.41, 5.74) is 0. The lowest BCUT2D eigenvalue weighted by Gasteiger charge is -2.33. The van der Waals surface area contributed by atoms with Crippen molar-refractivity contribution < 1.29 is 20.9 Å². The van der Waals surface area contributed by atoms with Gasteiger partial charge >= 0.3 is 21.1 Å². The third kappa shape index (κ3) is 14.5. The first kappa shape index (κ1) is 27.5. The van der Waals surface area contributed by atoms with Gasteiger partial charge in [-0.2, -0.15) is 0 Å². The number of rotatable bonds is 18. The SMILES string of the molecule is CCCCC(CC)C[O][Al-]([O]CC(CC)CCCC)[O]/C(C)=C\C(=O)OCC. The summed E-state index contributed by atoms with van der Waals surface area (Å²) in [5.74, 6) is 1.16. The Morgan fingerprint density at radius 3 is 1.79 bits per heavy atom. The van der Waals surface area contributed by atoms with Crippen molar-refractivity contribution in [3.8, 4) is 0 Å². The molecule has 0 aliphatic heterocycles. The fourth-order valence-corrected chi connectivity index (χ4v) is 4.34. The van der Waals surface area contributed by atoms with E-state index in [2.05, 4.69) is 27.7 Å². The molecule has 5 nitrogen and oxygen atoms in total. The molecule has 1 radical (unpaired) electrons. The van der Waals surface area contributed by atoms with Crippen LogP contribution >= 0.6 is 0 Å². The van der Waals surface area contributed by atoms with Crippen LogP contribution in [0.25, 0.3) is 0 Å². The first-order valence-electron chi connectivity index (χ1n) is 11.2. The predicted octanol–water partition coefficient (Wildman–Crippen LogP) is 5.92. The van der Waals surface area contributed by atoms with E-state index in [1.165, 1.54) is 44.6 Å². The van der Waals surface area contributed by atoms with E-state index in [0.29, 0.717) is 37.4 Å². The molecule has 0 rings (SSSR count). The van der Waals surface area contributed by atoms with Gasteiger partial charge in [0.05, 0.1) is 12.7 Å². The highest BCUT2D eigenvalue weighted by Gasteiger charge is 2.17. The van der Waals surface area contributed by atoms with Crippen molar-refractivity contribution in [2.75, 3.05) is 19.8 Å². The summed E-state index contributed by atoms with van der Waals surface area (Å²) in [7, 11) is 0. The predicted molar refractivity (Wildman–Crippen MR) is 116 cm³/mol. The maximum Gasteiger partial charge on any atom is 0.653 e. The molecule has 0 aromatic carbocycles. The van der Waals surface area contributed by atoms with Crippen LogP contribution in [0.3, 0.4) is 0 Å². The highest BCUT2D eigenvalue weighted by molar-refractivity contribution is 6.36. The van der Waals surface area contributed by atoms with Crippen LogP contribution in [0, 0.1) is 11.8 Å². The summed E-state index contributed by atoms with van der Waals surface area (Å²) in [6.45, 7) is 14.0. The van der Waals surface area contributed by atoms with Crippen molar-refractivity contribution in [1.82, 2.24) is 0 Å². The van der Waals surface area contributed by atoms with E-state index in [1.54, 1.807) is 13.8 Å². The van der Waals surface area contributed by atoms with Gasteiger partial charge in [0, 0.05) is 5.76 Å². The second kappa shape index (κ2) is 18.5. The summed E-state index contributed by atoms with van der Waals surface area (Å²) in [4.78, 5) is 11.7. The largest absolute Gasteiger partial charge is 0.777 e. The molecular weight excluding hydrogens is 371 g/mol. The number of carbonyl (C=O) groups excluding carboxylic acids is 1. The van der Waals surface area contributed by atoms with Gasteiger partial charge in [-0.25, -0.2) is 4.79 Å². The van der Waals surface area contributed by atoms with Gasteiger partial charge in [-0.1, -0.05) is 66.2 Å². The van der Waals surface area contributed by atoms with E-state index >= 15 is 0 Å². The molecule has 165 valence electrons. The molecule has 0 N–H and O–H groups in total. The smallest absolute Gasteiger partial charge is 0.653 e. The van der Waals surface area contributed by atoms with Crippen LogP contribution in [0.5, 0.6) is 0 Å². The summed E-state index contributed by atoms with van der Waals surface area (Å²) in [6.07, 6.45) is 10.7. The van der Waals surface area contributed by atoms with E-state index in [9.17, 15) is 4.79 Å². The van der Waals surface area contributed by atoms with E-state index < -0.39 is 21.1 Å². The Hall–Kier alpha value is -0.538. The molecular formula is C22H43AlO5-. The number of hydrogen-bond donors (Lipinski definition) is 0. The van der Waals surface area contributed by atoms with E-state index in [0.717, 1.165) is 12.8 Å². The second-order valence-corrected chi connectivity index (χ2v) is 8.89. The van der Waals surface area contributed by atoms with Gasteiger partial charge in [0.25, 0.3) is 0 Å². The minimum Gasteiger partial charge on any atom is -0.777 e. The van der Waals surface area contributed by atoms with Crippen molar-refractivity contribution in [3.05, 3.63) is 11.8 Å². The fourth-order valence-electron chi connectivity index (χ4n) is 2.88. The molecule has 0 saturated heterocycles. The molecule has 0 heterocycles. The minimum absolute atomic E-state index is 0.349. The first-order chi connectivity index (χ1) is 13.5. The third-order valence-electron chi connectivity index (χ3n) is 4.91. The number of ether oxygens (including phenoxy) is 1. The Morgan fingerprint density at radius 1 is 0.893 bits per heavy atom. The molecule has 0 amide bonds. The monoisotopic (exact) mass is 414 g/mol. The van der Waals surface area contributed by atoms with E-state index in [4.69, 9.17) is 16.1 Å². The molecule has 0 aromatic heterocycles. The van der Waals surface area contributed by atoms with Crippen molar-refractivity contribution >= 4 is 21.1 Å². The summed E-state index contributed by atoms with van der Waals surface area (Å²) in [6, 6.07) is 0. The van der Waals surface area contributed by atoms with E-state index in [1.807, 2.05) is 0 Å². The van der Waals surface area contributed by atoms with Crippen molar-refractivity contribution in [2.24, 2.45) is 11.8 Å². The Bertz CT molecular complexity index is 394. The quantitative estimate of drug-likeness (QED) is 0.121. The standard InChI is InChI=1S/2C8H17O.C6H10O3.Al/c2*1-3-5-6-8(4-2)7-9;1-3-9-6(8)4-5(2)7;/h2*8H,3-7H2,1-2H3;4,7H,3H2,1-2H3;/q2*-1;;+2/p-1/b;;5-4-;. The maximum atomic E-state index is 11.7. The number of esters is 1. The molecule has 28 heavy (non-hydrogen) atoms. The number of allylic oxidation sites excluding steroid dienone is 1. The first-order valence-corrected chi connectivity index (χ1v) is 12.7. The highest BCUT2D eigenvalue weighted by Crippen LogP contribution is 2.17. The number of carbonyl (C=O) groups is 1. The highest BCUT2D eigenvalue weighted by atomic mass is 27.3.